The first-order valence-electron chi connectivity index (χ1n) is 9.56. The SMILES string of the molecule is CC(C)Cn1nc(C(=O)N(CCC#N)Cc2cccnc2)c2ccccc2c1=O. The van der Waals surface area contributed by atoms with Crippen molar-refractivity contribution in [3.8, 4) is 6.07 Å². The fraction of sp³-hybridized carbons (Fsp3) is 0.318. The molecule has 0 bridgehead atoms. The Kier molecular flexibility index (Phi) is 6.35. The van der Waals surface area contributed by atoms with Gasteiger partial charge in [0, 0.05) is 37.4 Å². The molecule has 7 nitrogen and oxygen atoms in total. The van der Waals surface area contributed by atoms with Gasteiger partial charge in [-0.1, -0.05) is 38.1 Å². The fourth-order valence-electron chi connectivity index (χ4n) is 3.16. The van der Waals surface area contributed by atoms with Gasteiger partial charge < -0.3 is 4.90 Å². The molecule has 0 aliphatic heterocycles. The van der Waals surface area contributed by atoms with Crippen LogP contribution >= 0.6 is 0 Å². The zero-order valence-corrected chi connectivity index (χ0v) is 16.6. The zero-order chi connectivity index (χ0) is 20.8. The second kappa shape index (κ2) is 9.11. The highest BCUT2D eigenvalue weighted by atomic mass is 16.2. The van der Waals surface area contributed by atoms with Crippen molar-refractivity contribution in [1.29, 1.82) is 5.26 Å². The number of amides is 1. The Bertz CT molecular complexity index is 1100. The molecule has 148 valence electrons. The molecular formula is C22H23N5O2. The maximum atomic E-state index is 13.4. The molecule has 0 spiro atoms. The topological polar surface area (TPSA) is 91.9 Å². The van der Waals surface area contributed by atoms with Gasteiger partial charge in [-0.25, -0.2) is 4.68 Å². The highest BCUT2D eigenvalue weighted by Crippen LogP contribution is 2.17. The van der Waals surface area contributed by atoms with Crippen molar-refractivity contribution in [3.63, 3.8) is 0 Å². The minimum atomic E-state index is -0.308. The molecule has 7 heteroatoms. The summed E-state index contributed by atoms with van der Waals surface area (Å²) < 4.78 is 1.37. The number of hydrogen-bond acceptors (Lipinski definition) is 5. The number of nitriles is 1. The van der Waals surface area contributed by atoms with E-state index in [0.717, 1.165) is 5.56 Å². The third kappa shape index (κ3) is 4.66. The number of carbonyl (C=O) groups excluding carboxylic acids is 1. The molecule has 0 aliphatic carbocycles. The van der Waals surface area contributed by atoms with Gasteiger partial charge >= 0.3 is 0 Å². The van der Waals surface area contributed by atoms with E-state index >= 15 is 0 Å². The van der Waals surface area contributed by atoms with Crippen LogP contribution in [0.3, 0.4) is 0 Å². The summed E-state index contributed by atoms with van der Waals surface area (Å²) in [7, 11) is 0. The van der Waals surface area contributed by atoms with Crippen molar-refractivity contribution in [2.24, 2.45) is 5.92 Å². The van der Waals surface area contributed by atoms with Gasteiger partial charge in [-0.3, -0.25) is 14.6 Å². The summed E-state index contributed by atoms with van der Waals surface area (Å²) in [6.07, 6.45) is 3.56. The van der Waals surface area contributed by atoms with E-state index in [9.17, 15) is 9.59 Å². The number of rotatable bonds is 7. The Morgan fingerprint density at radius 3 is 2.62 bits per heavy atom. The Morgan fingerprint density at radius 1 is 1.21 bits per heavy atom. The van der Waals surface area contributed by atoms with Crippen molar-refractivity contribution in [3.05, 3.63) is 70.4 Å². The summed E-state index contributed by atoms with van der Waals surface area (Å²) in [5, 5.41) is 14.4. The van der Waals surface area contributed by atoms with E-state index in [1.807, 2.05) is 19.9 Å². The fourth-order valence-corrected chi connectivity index (χ4v) is 3.16. The number of benzene rings is 1. The first-order chi connectivity index (χ1) is 14.0. The lowest BCUT2D eigenvalue weighted by atomic mass is 10.1. The molecule has 2 aromatic heterocycles. The van der Waals surface area contributed by atoms with E-state index in [1.54, 1.807) is 47.6 Å². The molecule has 0 unspecified atom stereocenters. The average Bonchev–Trinajstić information content (AvgIpc) is 2.73. The normalized spacial score (nSPS) is 10.8. The maximum absolute atomic E-state index is 13.4. The van der Waals surface area contributed by atoms with E-state index in [-0.39, 0.29) is 36.0 Å². The van der Waals surface area contributed by atoms with Gasteiger partial charge in [0.15, 0.2) is 5.69 Å². The lowest BCUT2D eigenvalue weighted by molar-refractivity contribution is 0.0740. The van der Waals surface area contributed by atoms with Crippen molar-refractivity contribution in [1.82, 2.24) is 19.7 Å². The van der Waals surface area contributed by atoms with Crippen molar-refractivity contribution < 1.29 is 4.79 Å². The van der Waals surface area contributed by atoms with Crippen LogP contribution in [0.1, 0.15) is 36.3 Å². The molecule has 0 fully saturated rings. The molecule has 1 aromatic carbocycles. The Labute approximate surface area is 169 Å². The molecular weight excluding hydrogens is 366 g/mol. The second-order valence-corrected chi connectivity index (χ2v) is 7.27. The lowest BCUT2D eigenvalue weighted by Gasteiger charge is -2.22. The molecule has 1 amide bonds. The molecule has 0 atom stereocenters. The number of hydrogen-bond donors (Lipinski definition) is 0. The Balaban J connectivity index is 2.08. The van der Waals surface area contributed by atoms with Crippen LogP contribution in [-0.2, 0) is 13.1 Å². The number of aromatic nitrogens is 3. The molecule has 3 aromatic rings. The van der Waals surface area contributed by atoms with E-state index in [1.165, 1.54) is 4.68 Å². The van der Waals surface area contributed by atoms with Crippen LogP contribution in [0.2, 0.25) is 0 Å². The van der Waals surface area contributed by atoms with Crippen molar-refractivity contribution in [2.45, 2.75) is 33.4 Å². The van der Waals surface area contributed by atoms with E-state index in [2.05, 4.69) is 16.2 Å². The number of fused-ring (bicyclic) bond motifs is 1. The van der Waals surface area contributed by atoms with Crippen molar-refractivity contribution in [2.75, 3.05) is 6.54 Å². The molecule has 29 heavy (non-hydrogen) atoms. The minimum absolute atomic E-state index is 0.203. The lowest BCUT2D eigenvalue weighted by Crippen LogP contribution is -2.35. The number of nitrogens with zero attached hydrogens (tertiary/aromatic N) is 5. The van der Waals surface area contributed by atoms with Crippen LogP contribution in [0, 0.1) is 17.2 Å². The van der Waals surface area contributed by atoms with Crippen LogP contribution in [0.25, 0.3) is 10.8 Å². The molecule has 0 aliphatic rings. The third-order valence-corrected chi connectivity index (χ3v) is 4.49. The molecule has 3 rings (SSSR count). The van der Waals surface area contributed by atoms with Crippen LogP contribution in [0.4, 0.5) is 0 Å². The van der Waals surface area contributed by atoms with Gasteiger partial charge in [-0.2, -0.15) is 10.4 Å². The minimum Gasteiger partial charge on any atom is -0.332 e. The predicted octanol–water partition coefficient (Wildman–Crippen LogP) is 3.00. The Morgan fingerprint density at radius 2 is 1.97 bits per heavy atom. The van der Waals surface area contributed by atoms with Crippen LogP contribution in [0.15, 0.2) is 53.6 Å². The number of pyridine rings is 1. The van der Waals surface area contributed by atoms with E-state index < -0.39 is 0 Å². The Hall–Kier alpha value is -3.53. The maximum Gasteiger partial charge on any atom is 0.275 e. The summed E-state index contributed by atoms with van der Waals surface area (Å²) in [4.78, 5) is 31.9. The van der Waals surface area contributed by atoms with E-state index in [4.69, 9.17) is 5.26 Å². The highest BCUT2D eigenvalue weighted by molar-refractivity contribution is 6.04. The van der Waals surface area contributed by atoms with Crippen molar-refractivity contribution >= 4 is 16.7 Å². The second-order valence-electron chi connectivity index (χ2n) is 7.27. The zero-order valence-electron chi connectivity index (χ0n) is 16.6. The largest absolute Gasteiger partial charge is 0.332 e. The van der Waals surface area contributed by atoms with Gasteiger partial charge in [-0.05, 0) is 23.6 Å². The van der Waals surface area contributed by atoms with Crippen LogP contribution < -0.4 is 5.56 Å². The highest BCUT2D eigenvalue weighted by Gasteiger charge is 2.22. The quantitative estimate of drug-likeness (QED) is 0.619. The monoisotopic (exact) mass is 389 g/mol. The van der Waals surface area contributed by atoms with Crippen LogP contribution in [-0.4, -0.2) is 32.1 Å². The molecule has 0 N–H and O–H groups in total. The van der Waals surface area contributed by atoms with Gasteiger partial charge in [-0.15, -0.1) is 0 Å². The van der Waals surface area contributed by atoms with Gasteiger partial charge in [0.05, 0.1) is 17.9 Å². The first-order valence-corrected chi connectivity index (χ1v) is 9.56. The molecule has 0 saturated heterocycles. The standard InChI is InChI=1S/C22H23N5O2/c1-16(2)14-27-21(28)19-9-4-3-8-18(19)20(25-27)22(29)26(12-6-10-23)15-17-7-5-11-24-13-17/h3-5,7-9,11,13,16H,6,12,14-15H2,1-2H3. The predicted molar refractivity (Wildman–Crippen MR) is 110 cm³/mol. The van der Waals surface area contributed by atoms with Gasteiger partial charge in [0.2, 0.25) is 0 Å². The van der Waals surface area contributed by atoms with Gasteiger partial charge in [0.25, 0.3) is 11.5 Å². The first kappa shape index (κ1) is 20.2. The van der Waals surface area contributed by atoms with Gasteiger partial charge in [0.1, 0.15) is 0 Å². The van der Waals surface area contributed by atoms with E-state index in [0.29, 0.717) is 23.9 Å². The third-order valence-electron chi connectivity index (χ3n) is 4.49. The average molecular weight is 389 g/mol. The smallest absolute Gasteiger partial charge is 0.275 e. The molecule has 0 radical (unpaired) electrons. The number of carbonyl (C=O) groups is 1. The van der Waals surface area contributed by atoms with Crippen LogP contribution in [0.5, 0.6) is 0 Å². The molecule has 2 heterocycles. The summed E-state index contributed by atoms with van der Waals surface area (Å²) in [5.41, 5.74) is 0.878. The molecule has 0 saturated carbocycles. The summed E-state index contributed by atoms with van der Waals surface area (Å²) in [5.74, 6) is -0.104. The summed E-state index contributed by atoms with van der Waals surface area (Å²) >= 11 is 0. The summed E-state index contributed by atoms with van der Waals surface area (Å²) in [6, 6.07) is 12.8. The summed E-state index contributed by atoms with van der Waals surface area (Å²) in [6.45, 7) is 4.99.